The molecule has 0 spiro atoms. The monoisotopic (exact) mass is 197 g/mol. The molecule has 0 aliphatic carbocycles. The molecule has 1 fully saturated rings. The van der Waals surface area contributed by atoms with E-state index in [0.29, 0.717) is 12.1 Å². The lowest BCUT2D eigenvalue weighted by Crippen LogP contribution is -2.43. The zero-order chi connectivity index (χ0) is 9.97. The van der Waals surface area contributed by atoms with Gasteiger partial charge in [0.2, 0.25) is 0 Å². The predicted octanol–water partition coefficient (Wildman–Crippen LogP) is 0.574. The number of aliphatic imine (C=N–C) groups is 1. The normalized spacial score (nSPS) is 33.9. The zero-order valence-electron chi connectivity index (χ0n) is 8.78. The Balaban J connectivity index is 1.79. The van der Waals surface area contributed by atoms with Crippen molar-refractivity contribution < 1.29 is 4.74 Å². The topological polar surface area (TPSA) is 50.8 Å². The summed E-state index contributed by atoms with van der Waals surface area (Å²) >= 11 is 0. The fraction of sp³-hybridized carbons (Fsp3) is 0.900. The first-order valence-corrected chi connectivity index (χ1v) is 5.46. The number of likely N-dealkylation sites (tertiary alicyclic amines) is 1. The molecule has 2 heterocycles. The Hall–Kier alpha value is -0.770. The van der Waals surface area contributed by atoms with Crippen molar-refractivity contribution in [2.45, 2.75) is 38.3 Å². The van der Waals surface area contributed by atoms with Gasteiger partial charge in [-0.05, 0) is 26.3 Å². The van der Waals surface area contributed by atoms with E-state index in [9.17, 15) is 0 Å². The SMILES string of the molecule is CC1CCCCN1CC1CN=C(N)O1. The van der Waals surface area contributed by atoms with E-state index < -0.39 is 0 Å². The molecule has 4 heteroatoms. The molecule has 2 aliphatic rings. The van der Waals surface area contributed by atoms with Gasteiger partial charge in [0.15, 0.2) is 0 Å². The zero-order valence-corrected chi connectivity index (χ0v) is 8.78. The Labute approximate surface area is 85.1 Å². The van der Waals surface area contributed by atoms with Crippen LogP contribution in [0, 0.1) is 0 Å². The van der Waals surface area contributed by atoms with Crippen molar-refractivity contribution in [1.29, 1.82) is 0 Å². The van der Waals surface area contributed by atoms with Crippen LogP contribution < -0.4 is 5.73 Å². The van der Waals surface area contributed by atoms with Crippen molar-refractivity contribution in [3.8, 4) is 0 Å². The largest absolute Gasteiger partial charge is 0.459 e. The third kappa shape index (κ3) is 2.18. The van der Waals surface area contributed by atoms with Gasteiger partial charge in [0.25, 0.3) is 6.02 Å². The molecule has 4 nitrogen and oxygen atoms in total. The fourth-order valence-corrected chi connectivity index (χ4v) is 2.22. The second-order valence-electron chi connectivity index (χ2n) is 4.26. The molecule has 0 bridgehead atoms. The smallest absolute Gasteiger partial charge is 0.282 e. The molecule has 2 unspecified atom stereocenters. The van der Waals surface area contributed by atoms with Crippen LogP contribution in [0.3, 0.4) is 0 Å². The summed E-state index contributed by atoms with van der Waals surface area (Å²) in [7, 11) is 0. The minimum atomic E-state index is 0.190. The number of hydrogen-bond donors (Lipinski definition) is 1. The highest BCUT2D eigenvalue weighted by atomic mass is 16.5. The standard InChI is InChI=1S/C10H19N3O/c1-8-4-2-3-5-13(8)7-9-6-12-10(11)14-9/h8-9H,2-7H2,1H3,(H2,11,12). The van der Waals surface area contributed by atoms with Crippen LogP contribution in [0.1, 0.15) is 26.2 Å². The van der Waals surface area contributed by atoms with E-state index >= 15 is 0 Å². The Morgan fingerprint density at radius 3 is 3.07 bits per heavy atom. The van der Waals surface area contributed by atoms with Gasteiger partial charge in [-0.15, -0.1) is 0 Å². The van der Waals surface area contributed by atoms with E-state index in [0.717, 1.165) is 13.1 Å². The summed E-state index contributed by atoms with van der Waals surface area (Å²) in [6.07, 6.45) is 4.17. The number of hydrogen-bond acceptors (Lipinski definition) is 4. The van der Waals surface area contributed by atoms with Crippen LogP contribution in [-0.2, 0) is 4.74 Å². The highest BCUT2D eigenvalue weighted by Crippen LogP contribution is 2.17. The molecule has 2 atom stereocenters. The van der Waals surface area contributed by atoms with Crippen LogP contribution in [0.25, 0.3) is 0 Å². The minimum absolute atomic E-state index is 0.190. The van der Waals surface area contributed by atoms with Crippen LogP contribution in [0.5, 0.6) is 0 Å². The van der Waals surface area contributed by atoms with Crippen molar-refractivity contribution in [3.05, 3.63) is 0 Å². The number of amidine groups is 1. The molecule has 0 aromatic heterocycles. The first-order valence-electron chi connectivity index (χ1n) is 5.46. The maximum absolute atomic E-state index is 5.47. The highest BCUT2D eigenvalue weighted by Gasteiger charge is 2.25. The summed E-state index contributed by atoms with van der Waals surface area (Å²) in [5.41, 5.74) is 5.47. The fourth-order valence-electron chi connectivity index (χ4n) is 2.22. The molecule has 14 heavy (non-hydrogen) atoms. The summed E-state index contributed by atoms with van der Waals surface area (Å²) in [6, 6.07) is 1.05. The molecule has 2 aliphatic heterocycles. The van der Waals surface area contributed by atoms with Crippen LogP contribution >= 0.6 is 0 Å². The Kier molecular flexibility index (Phi) is 2.91. The first kappa shape index (κ1) is 9.77. The van der Waals surface area contributed by atoms with Gasteiger partial charge >= 0.3 is 0 Å². The second kappa shape index (κ2) is 4.17. The summed E-state index contributed by atoms with van der Waals surface area (Å²) < 4.78 is 5.40. The quantitative estimate of drug-likeness (QED) is 0.704. The first-order chi connectivity index (χ1) is 6.75. The van der Waals surface area contributed by atoms with E-state index in [4.69, 9.17) is 10.5 Å². The number of nitrogens with zero attached hydrogens (tertiary/aromatic N) is 2. The highest BCUT2D eigenvalue weighted by molar-refractivity contribution is 5.73. The van der Waals surface area contributed by atoms with Crippen LogP contribution in [-0.4, -0.2) is 42.7 Å². The van der Waals surface area contributed by atoms with Gasteiger partial charge in [0.1, 0.15) is 6.10 Å². The molecule has 1 saturated heterocycles. The third-order valence-electron chi connectivity index (χ3n) is 3.12. The minimum Gasteiger partial charge on any atom is -0.459 e. The van der Waals surface area contributed by atoms with Gasteiger partial charge in [-0.25, -0.2) is 4.99 Å². The average Bonchev–Trinajstić information content (AvgIpc) is 2.56. The Morgan fingerprint density at radius 2 is 2.43 bits per heavy atom. The number of rotatable bonds is 2. The molecule has 2 rings (SSSR count). The Morgan fingerprint density at radius 1 is 1.57 bits per heavy atom. The molecule has 0 amide bonds. The lowest BCUT2D eigenvalue weighted by atomic mass is 10.0. The summed E-state index contributed by atoms with van der Waals surface area (Å²) in [5.74, 6) is 0. The van der Waals surface area contributed by atoms with E-state index in [1.165, 1.54) is 25.8 Å². The van der Waals surface area contributed by atoms with Crippen LogP contribution in [0.2, 0.25) is 0 Å². The number of nitrogens with two attached hydrogens (primary N) is 1. The molecular weight excluding hydrogens is 178 g/mol. The van der Waals surface area contributed by atoms with Crippen LogP contribution in [0.4, 0.5) is 0 Å². The lowest BCUT2D eigenvalue weighted by molar-refractivity contribution is 0.0943. The second-order valence-corrected chi connectivity index (χ2v) is 4.26. The van der Waals surface area contributed by atoms with Crippen molar-refractivity contribution >= 4 is 6.02 Å². The van der Waals surface area contributed by atoms with Crippen molar-refractivity contribution in [2.75, 3.05) is 19.6 Å². The summed E-state index contributed by atoms with van der Waals surface area (Å²) in [6.45, 7) is 5.19. The van der Waals surface area contributed by atoms with Gasteiger partial charge in [0.05, 0.1) is 6.54 Å². The van der Waals surface area contributed by atoms with Gasteiger partial charge in [-0.3, -0.25) is 4.90 Å². The molecule has 0 aromatic rings. The van der Waals surface area contributed by atoms with Crippen molar-refractivity contribution in [1.82, 2.24) is 4.90 Å². The van der Waals surface area contributed by atoms with Gasteiger partial charge in [-0.2, -0.15) is 0 Å². The molecule has 80 valence electrons. The van der Waals surface area contributed by atoms with E-state index in [1.807, 2.05) is 0 Å². The summed E-state index contributed by atoms with van der Waals surface area (Å²) in [4.78, 5) is 6.54. The van der Waals surface area contributed by atoms with Gasteiger partial charge < -0.3 is 10.5 Å². The maximum atomic E-state index is 5.47. The van der Waals surface area contributed by atoms with Gasteiger partial charge in [0, 0.05) is 12.6 Å². The van der Waals surface area contributed by atoms with E-state index in [1.54, 1.807) is 0 Å². The Bertz CT molecular complexity index is 229. The average molecular weight is 197 g/mol. The van der Waals surface area contributed by atoms with Crippen molar-refractivity contribution in [2.24, 2.45) is 10.7 Å². The predicted molar refractivity (Wildman–Crippen MR) is 56.2 cm³/mol. The maximum Gasteiger partial charge on any atom is 0.282 e. The van der Waals surface area contributed by atoms with Crippen molar-refractivity contribution in [3.63, 3.8) is 0 Å². The molecule has 0 aromatic carbocycles. The molecule has 2 N–H and O–H groups in total. The lowest BCUT2D eigenvalue weighted by Gasteiger charge is -2.34. The summed E-state index contributed by atoms with van der Waals surface area (Å²) in [5, 5.41) is 0. The third-order valence-corrected chi connectivity index (χ3v) is 3.12. The van der Waals surface area contributed by atoms with Gasteiger partial charge in [-0.1, -0.05) is 6.42 Å². The van der Waals surface area contributed by atoms with Crippen LogP contribution in [0.15, 0.2) is 4.99 Å². The molecule has 0 radical (unpaired) electrons. The molecular formula is C10H19N3O. The number of piperidine rings is 1. The number of ether oxygens (including phenoxy) is 1. The van der Waals surface area contributed by atoms with E-state index in [-0.39, 0.29) is 6.10 Å². The molecule has 0 saturated carbocycles. The van der Waals surface area contributed by atoms with E-state index in [2.05, 4.69) is 16.8 Å².